The van der Waals surface area contributed by atoms with E-state index < -0.39 is 0 Å². The number of hydrogen-bond donors (Lipinski definition) is 0. The molecular weight excluding hydrogens is 770 g/mol. The minimum Gasteiger partial charge on any atom is -0.462 e. The first-order chi connectivity index (χ1) is 30.4. The monoisotopic (exact) mass is 806 g/mol. The fourth-order valence-corrected chi connectivity index (χ4v) is 10.4. The van der Waals surface area contributed by atoms with E-state index in [2.05, 4.69) is 118 Å². The highest BCUT2D eigenvalue weighted by molar-refractivity contribution is 7.00. The molecule has 4 aliphatic rings. The van der Waals surface area contributed by atoms with Crippen LogP contribution in [0.5, 0.6) is 11.5 Å². The van der Waals surface area contributed by atoms with Crippen LogP contribution in [0.3, 0.4) is 0 Å². The molecule has 6 heterocycles. The van der Waals surface area contributed by atoms with Crippen molar-refractivity contribution in [2.45, 2.75) is 38.6 Å². The molecule has 0 spiro atoms. The second-order valence-corrected chi connectivity index (χ2v) is 17.2. The third-order valence-electron chi connectivity index (χ3n) is 13.5. The van der Waals surface area contributed by atoms with Gasteiger partial charge in [0.1, 0.15) is 29.5 Å². The molecule has 8 aromatic carbocycles. The standard InChI is InChI=1S/C54H36BFN2O4/c1-29-53(59-29)61-38-19-11-31(12-20-38)34-15-23-46-42(25-34)40-5-3-7-44-51(40)57(46)48-27-36(33-9-17-37(56)18-10-33)28-49-50(48)55(44)45-8-4-6-41-43-26-35(16-24-47(43)58(49)52(41)45)32-13-21-39(22-14-32)62-54-30(2)60-54/h3-30,53-54H,1-2H3. The van der Waals surface area contributed by atoms with E-state index in [4.69, 9.17) is 18.9 Å². The molecule has 0 amide bonds. The fourth-order valence-electron chi connectivity index (χ4n) is 10.4. The number of rotatable bonds is 7. The van der Waals surface area contributed by atoms with Crippen LogP contribution >= 0.6 is 0 Å². The van der Waals surface area contributed by atoms with Gasteiger partial charge in [-0.1, -0.05) is 84.9 Å². The number of benzene rings is 8. The predicted molar refractivity (Wildman–Crippen MR) is 246 cm³/mol. The Labute approximate surface area is 356 Å². The Kier molecular flexibility index (Phi) is 6.96. The lowest BCUT2D eigenvalue weighted by Gasteiger charge is -2.34. The number of fused-ring (bicyclic) bond motifs is 10. The van der Waals surface area contributed by atoms with Gasteiger partial charge < -0.3 is 28.1 Å². The van der Waals surface area contributed by atoms with Crippen LogP contribution in [0, 0.1) is 5.82 Å². The number of halogens is 1. The molecule has 2 fully saturated rings. The van der Waals surface area contributed by atoms with E-state index in [-0.39, 0.29) is 37.3 Å². The topological polar surface area (TPSA) is 53.4 Å². The van der Waals surface area contributed by atoms with E-state index >= 15 is 0 Å². The quantitative estimate of drug-likeness (QED) is 0.119. The second-order valence-electron chi connectivity index (χ2n) is 17.2. The summed E-state index contributed by atoms with van der Waals surface area (Å²) in [4.78, 5) is 0. The summed E-state index contributed by atoms with van der Waals surface area (Å²) in [5, 5.41) is 4.84. The van der Waals surface area contributed by atoms with Gasteiger partial charge in [-0.15, -0.1) is 0 Å². The molecule has 0 saturated carbocycles. The highest BCUT2D eigenvalue weighted by Crippen LogP contribution is 2.42. The first-order valence-corrected chi connectivity index (χ1v) is 21.4. The van der Waals surface area contributed by atoms with Crippen LogP contribution in [-0.4, -0.2) is 40.6 Å². The van der Waals surface area contributed by atoms with Crippen molar-refractivity contribution < 1.29 is 23.3 Å². The molecular formula is C54H36BFN2O4. The number of hydrogen-bond acceptors (Lipinski definition) is 4. The van der Waals surface area contributed by atoms with Crippen molar-refractivity contribution >= 4 is 66.7 Å². The van der Waals surface area contributed by atoms with E-state index in [0.29, 0.717) is 0 Å². The van der Waals surface area contributed by atoms with E-state index in [0.717, 1.165) is 67.3 Å². The van der Waals surface area contributed by atoms with Gasteiger partial charge in [0.25, 0.3) is 6.71 Å². The Morgan fingerprint density at radius 2 is 0.887 bits per heavy atom. The summed E-state index contributed by atoms with van der Waals surface area (Å²) in [6, 6.07) is 55.5. The van der Waals surface area contributed by atoms with Crippen molar-refractivity contribution in [2.24, 2.45) is 0 Å². The minimum absolute atomic E-state index is 0.00125. The Morgan fingerprint density at radius 1 is 0.468 bits per heavy atom. The molecule has 0 radical (unpaired) electrons. The summed E-state index contributed by atoms with van der Waals surface area (Å²) in [7, 11) is 0. The lowest BCUT2D eigenvalue weighted by Crippen LogP contribution is -2.59. The number of aromatic nitrogens is 2. The maximum absolute atomic E-state index is 14.4. The normalized spacial score (nSPS) is 19.0. The predicted octanol–water partition coefficient (Wildman–Crippen LogP) is 10.4. The van der Waals surface area contributed by atoms with Crippen LogP contribution < -0.4 is 25.9 Å². The SMILES string of the molecule is CC1OC1Oc1ccc(-c2ccc3c(c2)c2cccc4c2n3-c2cc(-c3ccc(F)cc3)cc3c2B4c2cccc4c5cc(-c6ccc(OC7OC7C)cc6)ccc5n-3c24)cc1. The average molecular weight is 807 g/mol. The Morgan fingerprint density at radius 3 is 1.34 bits per heavy atom. The maximum atomic E-state index is 14.4. The van der Waals surface area contributed by atoms with Gasteiger partial charge >= 0.3 is 0 Å². The molecule has 0 aliphatic carbocycles. The lowest BCUT2D eigenvalue weighted by molar-refractivity contribution is 0.178. The zero-order valence-electron chi connectivity index (χ0n) is 33.8. The van der Waals surface area contributed by atoms with Crippen molar-refractivity contribution in [3.63, 3.8) is 0 Å². The zero-order chi connectivity index (χ0) is 41.0. The van der Waals surface area contributed by atoms with Crippen LogP contribution in [0.1, 0.15) is 13.8 Å². The van der Waals surface area contributed by atoms with Crippen LogP contribution in [0.4, 0.5) is 4.39 Å². The van der Waals surface area contributed by atoms with Crippen LogP contribution in [0.2, 0.25) is 0 Å². The summed E-state index contributed by atoms with van der Waals surface area (Å²) >= 11 is 0. The summed E-state index contributed by atoms with van der Waals surface area (Å²) in [6.45, 7) is 4.03. The molecule has 2 aromatic heterocycles. The first kappa shape index (κ1) is 34.6. The Bertz CT molecular complexity index is 3330. The molecule has 0 bridgehead atoms. The first-order valence-electron chi connectivity index (χ1n) is 21.4. The van der Waals surface area contributed by atoms with Crippen LogP contribution in [-0.2, 0) is 9.47 Å². The smallest absolute Gasteiger partial charge is 0.252 e. The molecule has 4 atom stereocenters. The van der Waals surface area contributed by atoms with Gasteiger partial charge in [0.2, 0.25) is 12.6 Å². The number of ether oxygens (including phenoxy) is 4. The largest absolute Gasteiger partial charge is 0.462 e. The van der Waals surface area contributed by atoms with Gasteiger partial charge in [-0.05, 0) is 136 Å². The highest BCUT2D eigenvalue weighted by atomic mass is 19.1. The van der Waals surface area contributed by atoms with Crippen LogP contribution in [0.25, 0.3) is 88.4 Å². The van der Waals surface area contributed by atoms with Gasteiger partial charge in [0, 0.05) is 44.0 Å². The van der Waals surface area contributed by atoms with Crippen molar-refractivity contribution in [3.05, 3.63) is 164 Å². The van der Waals surface area contributed by atoms with Gasteiger partial charge in [0.15, 0.2) is 0 Å². The summed E-state index contributed by atoms with van der Waals surface area (Å²) in [5.41, 5.74) is 17.4. The second kappa shape index (κ2) is 12.5. The molecule has 8 heteroatoms. The zero-order valence-corrected chi connectivity index (χ0v) is 33.8. The third kappa shape index (κ3) is 4.99. The molecule has 4 unspecified atom stereocenters. The Balaban J connectivity index is 0.982. The van der Waals surface area contributed by atoms with Gasteiger partial charge in [-0.2, -0.15) is 0 Å². The molecule has 6 nitrogen and oxygen atoms in total. The van der Waals surface area contributed by atoms with E-state index in [9.17, 15) is 4.39 Å². The van der Waals surface area contributed by atoms with Crippen molar-refractivity contribution in [2.75, 3.05) is 0 Å². The number of nitrogens with zero attached hydrogens (tertiary/aromatic N) is 2. The Hall–Kier alpha value is -7.13. The van der Waals surface area contributed by atoms with Crippen molar-refractivity contribution in [1.29, 1.82) is 0 Å². The van der Waals surface area contributed by atoms with Gasteiger partial charge in [-0.3, -0.25) is 0 Å². The van der Waals surface area contributed by atoms with Crippen LogP contribution in [0.15, 0.2) is 158 Å². The summed E-state index contributed by atoms with van der Waals surface area (Å²) in [5.74, 6) is 1.36. The van der Waals surface area contributed by atoms with E-state index in [1.54, 1.807) is 12.1 Å². The molecule has 296 valence electrons. The number of para-hydroxylation sites is 2. The average Bonchev–Trinajstić information content (AvgIpc) is 4.12. The molecule has 2 saturated heterocycles. The van der Waals surface area contributed by atoms with Gasteiger partial charge in [0.05, 0.1) is 11.0 Å². The highest BCUT2D eigenvalue weighted by Gasteiger charge is 2.41. The van der Waals surface area contributed by atoms with E-state index in [1.807, 2.05) is 50.2 Å². The minimum atomic E-state index is -0.249. The summed E-state index contributed by atoms with van der Waals surface area (Å²) < 4.78 is 42.3. The molecule has 4 aliphatic heterocycles. The molecule has 14 rings (SSSR count). The lowest BCUT2D eigenvalue weighted by atomic mass is 9.34. The molecule has 10 aromatic rings. The van der Waals surface area contributed by atoms with E-state index in [1.165, 1.54) is 49.0 Å². The van der Waals surface area contributed by atoms with Crippen molar-refractivity contribution in [1.82, 2.24) is 9.13 Å². The summed E-state index contributed by atoms with van der Waals surface area (Å²) in [6.07, 6.45) is -0.0645. The fraction of sp³-hybridized carbons (Fsp3) is 0.111. The molecule has 62 heavy (non-hydrogen) atoms. The third-order valence-corrected chi connectivity index (χ3v) is 13.5. The van der Waals surface area contributed by atoms with Gasteiger partial charge in [-0.25, -0.2) is 4.39 Å². The molecule has 0 N–H and O–H groups in total. The maximum Gasteiger partial charge on any atom is 0.252 e. The number of epoxide rings is 2. The van der Waals surface area contributed by atoms with Crippen molar-refractivity contribution in [3.8, 4) is 56.3 Å².